The molecular weight excluding hydrogens is 351 g/mol. The van der Waals surface area contributed by atoms with E-state index in [-0.39, 0.29) is 24.0 Å². The second-order valence-corrected chi connectivity index (χ2v) is 4.73. The fourth-order valence-electron chi connectivity index (χ4n) is 1.82. The van der Waals surface area contributed by atoms with Crippen molar-refractivity contribution in [1.29, 1.82) is 0 Å². The zero-order valence-electron chi connectivity index (χ0n) is 11.4. The quantitative estimate of drug-likeness (QED) is 0.348. The van der Waals surface area contributed by atoms with Crippen LogP contribution in [0.2, 0.25) is 0 Å². The first-order valence-electron chi connectivity index (χ1n) is 6.59. The SMILES string of the molecule is CN(C(N)=NCCCNc1ccccc1)C1CC1.I. The average molecular weight is 374 g/mol. The van der Waals surface area contributed by atoms with E-state index in [0.29, 0.717) is 12.0 Å². The van der Waals surface area contributed by atoms with E-state index >= 15 is 0 Å². The van der Waals surface area contributed by atoms with Crippen LogP contribution in [0, 0.1) is 0 Å². The van der Waals surface area contributed by atoms with E-state index in [1.807, 2.05) is 25.2 Å². The molecule has 0 unspecified atom stereocenters. The first-order valence-corrected chi connectivity index (χ1v) is 6.59. The Balaban J connectivity index is 0.00000180. The molecule has 1 fully saturated rings. The number of anilines is 1. The summed E-state index contributed by atoms with van der Waals surface area (Å²) in [7, 11) is 2.03. The third-order valence-electron chi connectivity index (χ3n) is 3.17. The minimum atomic E-state index is 0. The van der Waals surface area contributed by atoms with Crippen molar-refractivity contribution in [2.75, 3.05) is 25.5 Å². The van der Waals surface area contributed by atoms with E-state index in [9.17, 15) is 0 Å². The van der Waals surface area contributed by atoms with E-state index in [1.54, 1.807) is 0 Å². The summed E-state index contributed by atoms with van der Waals surface area (Å²) >= 11 is 0. The van der Waals surface area contributed by atoms with Crippen molar-refractivity contribution < 1.29 is 0 Å². The maximum Gasteiger partial charge on any atom is 0.191 e. The summed E-state index contributed by atoms with van der Waals surface area (Å²) in [6.07, 6.45) is 3.50. The normalized spacial score (nSPS) is 14.7. The van der Waals surface area contributed by atoms with Gasteiger partial charge in [-0.25, -0.2) is 0 Å². The van der Waals surface area contributed by atoms with Gasteiger partial charge in [-0.05, 0) is 31.4 Å². The summed E-state index contributed by atoms with van der Waals surface area (Å²) in [4.78, 5) is 6.48. The largest absolute Gasteiger partial charge is 0.385 e. The molecule has 1 saturated carbocycles. The van der Waals surface area contributed by atoms with Crippen LogP contribution in [0.3, 0.4) is 0 Å². The number of aliphatic imine (C=N–C) groups is 1. The highest BCUT2D eigenvalue weighted by atomic mass is 127. The summed E-state index contributed by atoms with van der Waals surface area (Å²) in [5.41, 5.74) is 7.06. The Labute approximate surface area is 132 Å². The Kier molecular flexibility index (Phi) is 6.97. The molecule has 2 rings (SSSR count). The number of rotatable bonds is 6. The average Bonchev–Trinajstić information content (AvgIpc) is 3.23. The second-order valence-electron chi connectivity index (χ2n) is 4.73. The van der Waals surface area contributed by atoms with Crippen LogP contribution in [0.5, 0.6) is 0 Å². The smallest absolute Gasteiger partial charge is 0.191 e. The summed E-state index contributed by atoms with van der Waals surface area (Å²) in [5, 5.41) is 3.36. The van der Waals surface area contributed by atoms with Crippen LogP contribution in [-0.2, 0) is 0 Å². The van der Waals surface area contributed by atoms with Crippen LogP contribution >= 0.6 is 24.0 Å². The number of nitrogens with zero attached hydrogens (tertiary/aromatic N) is 2. The van der Waals surface area contributed by atoms with Crippen LogP contribution in [0.4, 0.5) is 5.69 Å². The predicted molar refractivity (Wildman–Crippen MR) is 92.2 cm³/mol. The molecule has 1 aromatic rings. The molecule has 1 aliphatic rings. The molecule has 0 aromatic heterocycles. The first kappa shape index (κ1) is 16.1. The lowest BCUT2D eigenvalue weighted by molar-refractivity contribution is 0.487. The Hall–Kier alpha value is -0.980. The predicted octanol–water partition coefficient (Wildman–Crippen LogP) is 2.52. The topological polar surface area (TPSA) is 53.6 Å². The Morgan fingerprint density at radius 2 is 2.05 bits per heavy atom. The molecule has 0 radical (unpaired) electrons. The molecule has 106 valence electrons. The van der Waals surface area contributed by atoms with Crippen LogP contribution in [-0.4, -0.2) is 37.0 Å². The van der Waals surface area contributed by atoms with Crippen molar-refractivity contribution >= 4 is 35.6 Å². The lowest BCUT2D eigenvalue weighted by Crippen LogP contribution is -2.35. The molecule has 19 heavy (non-hydrogen) atoms. The van der Waals surface area contributed by atoms with Gasteiger partial charge in [-0.15, -0.1) is 24.0 Å². The molecule has 5 heteroatoms. The number of halogens is 1. The highest BCUT2D eigenvalue weighted by molar-refractivity contribution is 14.0. The van der Waals surface area contributed by atoms with Gasteiger partial charge < -0.3 is 16.0 Å². The summed E-state index contributed by atoms with van der Waals surface area (Å²) in [6, 6.07) is 10.9. The fourth-order valence-corrected chi connectivity index (χ4v) is 1.82. The van der Waals surface area contributed by atoms with Crippen molar-refractivity contribution in [3.63, 3.8) is 0 Å². The molecule has 4 nitrogen and oxygen atoms in total. The van der Waals surface area contributed by atoms with Gasteiger partial charge >= 0.3 is 0 Å². The Morgan fingerprint density at radius 1 is 1.37 bits per heavy atom. The minimum absolute atomic E-state index is 0. The molecule has 0 heterocycles. The maximum atomic E-state index is 5.91. The fraction of sp³-hybridized carbons (Fsp3) is 0.500. The number of nitrogens with two attached hydrogens (primary N) is 1. The summed E-state index contributed by atoms with van der Waals surface area (Å²) in [6.45, 7) is 1.71. The summed E-state index contributed by atoms with van der Waals surface area (Å²) in [5.74, 6) is 0.678. The van der Waals surface area contributed by atoms with E-state index < -0.39 is 0 Å². The first-order chi connectivity index (χ1) is 8.77. The van der Waals surface area contributed by atoms with Crippen molar-refractivity contribution in [2.24, 2.45) is 10.7 Å². The van der Waals surface area contributed by atoms with Crippen molar-refractivity contribution in [3.8, 4) is 0 Å². The highest BCUT2D eigenvalue weighted by Crippen LogP contribution is 2.24. The van der Waals surface area contributed by atoms with Crippen LogP contribution in [0.25, 0.3) is 0 Å². The number of para-hydroxylation sites is 1. The second kappa shape index (κ2) is 8.24. The summed E-state index contributed by atoms with van der Waals surface area (Å²) < 4.78 is 0. The van der Waals surface area contributed by atoms with Crippen molar-refractivity contribution in [1.82, 2.24) is 4.90 Å². The molecule has 0 aliphatic heterocycles. The Bertz CT molecular complexity index is 390. The van der Waals surface area contributed by atoms with Crippen LogP contribution in [0.15, 0.2) is 35.3 Å². The molecule has 0 atom stereocenters. The van der Waals surface area contributed by atoms with Crippen LogP contribution < -0.4 is 11.1 Å². The molecule has 0 amide bonds. The molecule has 0 bridgehead atoms. The molecular formula is C14H23IN4. The molecule has 0 saturated heterocycles. The van der Waals surface area contributed by atoms with Gasteiger partial charge in [0.05, 0.1) is 0 Å². The van der Waals surface area contributed by atoms with E-state index in [1.165, 1.54) is 12.8 Å². The van der Waals surface area contributed by atoms with Gasteiger partial charge in [-0.3, -0.25) is 4.99 Å². The lowest BCUT2D eigenvalue weighted by Gasteiger charge is -2.16. The number of nitrogens with one attached hydrogen (secondary N) is 1. The number of guanidine groups is 1. The minimum Gasteiger partial charge on any atom is -0.385 e. The third-order valence-corrected chi connectivity index (χ3v) is 3.17. The van der Waals surface area contributed by atoms with Gasteiger partial charge in [-0.2, -0.15) is 0 Å². The van der Waals surface area contributed by atoms with Gasteiger partial charge in [-0.1, -0.05) is 18.2 Å². The molecule has 1 aromatic carbocycles. The van der Waals surface area contributed by atoms with Gasteiger partial charge in [0.15, 0.2) is 5.96 Å². The number of hydrogen-bond acceptors (Lipinski definition) is 2. The highest BCUT2D eigenvalue weighted by Gasteiger charge is 2.27. The zero-order chi connectivity index (χ0) is 12.8. The molecule has 0 spiro atoms. The van der Waals surface area contributed by atoms with Crippen LogP contribution in [0.1, 0.15) is 19.3 Å². The Morgan fingerprint density at radius 3 is 2.68 bits per heavy atom. The number of hydrogen-bond donors (Lipinski definition) is 2. The van der Waals surface area contributed by atoms with Gasteiger partial charge in [0.2, 0.25) is 0 Å². The maximum absolute atomic E-state index is 5.91. The zero-order valence-corrected chi connectivity index (χ0v) is 13.7. The lowest BCUT2D eigenvalue weighted by atomic mass is 10.3. The van der Waals surface area contributed by atoms with Gasteiger partial charge in [0.25, 0.3) is 0 Å². The molecule has 3 N–H and O–H groups in total. The number of benzene rings is 1. The standard InChI is InChI=1S/C14H22N4.HI/c1-18(13-8-9-13)14(15)17-11-5-10-16-12-6-3-2-4-7-12;/h2-4,6-7,13,16H,5,8-11H2,1H3,(H2,15,17);1H. The molecule has 1 aliphatic carbocycles. The van der Waals surface area contributed by atoms with Crippen molar-refractivity contribution in [2.45, 2.75) is 25.3 Å². The third kappa shape index (κ3) is 5.67. The van der Waals surface area contributed by atoms with E-state index in [0.717, 1.165) is 25.2 Å². The van der Waals surface area contributed by atoms with Crippen molar-refractivity contribution in [3.05, 3.63) is 30.3 Å². The monoisotopic (exact) mass is 374 g/mol. The van der Waals surface area contributed by atoms with Gasteiger partial charge in [0, 0.05) is 31.9 Å². The van der Waals surface area contributed by atoms with E-state index in [4.69, 9.17) is 5.73 Å². The van der Waals surface area contributed by atoms with E-state index in [2.05, 4.69) is 27.3 Å². The van der Waals surface area contributed by atoms with Gasteiger partial charge in [0.1, 0.15) is 0 Å².